The minimum absolute atomic E-state index is 0.314. The van der Waals surface area contributed by atoms with E-state index in [1.165, 1.54) is 12.8 Å². The molecule has 3 fully saturated rings. The molecule has 2 heterocycles. The summed E-state index contributed by atoms with van der Waals surface area (Å²) in [6.07, 6.45) is 6.65. The van der Waals surface area contributed by atoms with Crippen LogP contribution in [-0.4, -0.2) is 47.2 Å². The van der Waals surface area contributed by atoms with Crippen LogP contribution in [0, 0.1) is 5.92 Å². The van der Waals surface area contributed by atoms with E-state index >= 15 is 0 Å². The second-order valence-corrected chi connectivity index (χ2v) is 5.94. The van der Waals surface area contributed by atoms with Crippen LogP contribution in [0.1, 0.15) is 38.5 Å². The summed E-state index contributed by atoms with van der Waals surface area (Å²) in [5.74, 6) is -0.301. The number of carboxylic acids is 1. The van der Waals surface area contributed by atoms with E-state index in [-0.39, 0.29) is 0 Å². The molecular weight excluding hydrogens is 216 g/mol. The van der Waals surface area contributed by atoms with Gasteiger partial charge in [-0.1, -0.05) is 12.8 Å². The summed E-state index contributed by atoms with van der Waals surface area (Å²) in [4.78, 5) is 14.2. The normalized spacial score (nSPS) is 41.9. The highest BCUT2D eigenvalue weighted by Crippen LogP contribution is 2.37. The van der Waals surface area contributed by atoms with E-state index in [0.717, 1.165) is 45.3 Å². The monoisotopic (exact) mass is 238 g/mol. The summed E-state index contributed by atoms with van der Waals surface area (Å²) in [6.45, 7) is 3.01. The minimum Gasteiger partial charge on any atom is -0.480 e. The molecule has 0 spiro atoms. The Balaban J connectivity index is 1.79. The van der Waals surface area contributed by atoms with E-state index in [2.05, 4.69) is 10.2 Å². The SMILES string of the molecule is O=C(O)C1(NC2CCCC2)CCN2CCC1C2. The van der Waals surface area contributed by atoms with Gasteiger partial charge in [0.25, 0.3) is 0 Å². The molecule has 0 aromatic rings. The third-order valence-corrected chi connectivity index (χ3v) is 4.99. The summed E-state index contributed by atoms with van der Waals surface area (Å²) in [7, 11) is 0. The van der Waals surface area contributed by atoms with Crippen LogP contribution in [0.25, 0.3) is 0 Å². The van der Waals surface area contributed by atoms with Crippen molar-refractivity contribution in [2.24, 2.45) is 5.92 Å². The van der Waals surface area contributed by atoms with Crippen molar-refractivity contribution in [2.75, 3.05) is 19.6 Å². The Kier molecular flexibility index (Phi) is 2.87. The molecule has 3 unspecified atom stereocenters. The van der Waals surface area contributed by atoms with Gasteiger partial charge in [0.05, 0.1) is 0 Å². The molecule has 4 nitrogen and oxygen atoms in total. The van der Waals surface area contributed by atoms with Gasteiger partial charge >= 0.3 is 5.97 Å². The molecule has 2 bridgehead atoms. The number of hydrogen-bond donors (Lipinski definition) is 2. The van der Waals surface area contributed by atoms with Crippen molar-refractivity contribution in [1.29, 1.82) is 0 Å². The number of hydrogen-bond acceptors (Lipinski definition) is 3. The first-order valence-electron chi connectivity index (χ1n) is 6.94. The molecular formula is C13H22N2O2. The van der Waals surface area contributed by atoms with Gasteiger partial charge in [-0.05, 0) is 32.2 Å². The standard InChI is InChI=1S/C13H22N2O2/c16-12(17)13(14-11-3-1-2-4-11)6-8-15-7-5-10(13)9-15/h10-11,14H,1-9H2,(H,16,17). The first kappa shape index (κ1) is 11.5. The Labute approximate surface area is 102 Å². The van der Waals surface area contributed by atoms with Gasteiger partial charge in [-0.25, -0.2) is 0 Å². The molecule has 17 heavy (non-hydrogen) atoms. The van der Waals surface area contributed by atoms with E-state index in [4.69, 9.17) is 0 Å². The predicted octanol–water partition coefficient (Wildman–Crippen LogP) is 1.07. The Morgan fingerprint density at radius 3 is 2.71 bits per heavy atom. The first-order valence-corrected chi connectivity index (χ1v) is 6.94. The van der Waals surface area contributed by atoms with Crippen molar-refractivity contribution >= 4 is 5.97 Å². The number of carboxylic acid groups (broad SMARTS) is 1. The molecule has 3 aliphatic rings. The Hall–Kier alpha value is -0.610. The van der Waals surface area contributed by atoms with Crippen LogP contribution >= 0.6 is 0 Å². The Morgan fingerprint density at radius 2 is 2.00 bits per heavy atom. The molecule has 2 saturated heterocycles. The van der Waals surface area contributed by atoms with Gasteiger partial charge < -0.3 is 10.0 Å². The van der Waals surface area contributed by atoms with Gasteiger partial charge in [0.1, 0.15) is 5.54 Å². The minimum atomic E-state index is -0.623. The molecule has 1 aliphatic carbocycles. The van der Waals surface area contributed by atoms with Crippen LogP contribution in [0.4, 0.5) is 0 Å². The van der Waals surface area contributed by atoms with Crippen molar-refractivity contribution in [3.8, 4) is 0 Å². The number of rotatable bonds is 3. The van der Waals surface area contributed by atoms with Crippen LogP contribution in [-0.2, 0) is 4.79 Å². The quantitative estimate of drug-likeness (QED) is 0.772. The zero-order valence-electron chi connectivity index (χ0n) is 10.3. The van der Waals surface area contributed by atoms with E-state index in [0.29, 0.717) is 12.0 Å². The zero-order chi connectivity index (χ0) is 11.9. The second kappa shape index (κ2) is 4.25. The summed E-state index contributed by atoms with van der Waals surface area (Å²) in [6, 6.07) is 0.443. The number of aliphatic carboxylic acids is 1. The number of nitrogens with one attached hydrogen (secondary N) is 1. The molecule has 0 aromatic heterocycles. The van der Waals surface area contributed by atoms with Crippen LogP contribution in [0.3, 0.4) is 0 Å². The molecule has 2 N–H and O–H groups in total. The largest absolute Gasteiger partial charge is 0.480 e. The van der Waals surface area contributed by atoms with E-state index in [1.54, 1.807) is 0 Å². The van der Waals surface area contributed by atoms with Crippen LogP contribution in [0.2, 0.25) is 0 Å². The smallest absolute Gasteiger partial charge is 0.324 e. The fraction of sp³-hybridized carbons (Fsp3) is 0.923. The summed E-state index contributed by atoms with van der Waals surface area (Å²) < 4.78 is 0. The lowest BCUT2D eigenvalue weighted by molar-refractivity contribution is -0.149. The lowest BCUT2D eigenvalue weighted by Crippen LogP contribution is -2.63. The molecule has 0 aromatic carbocycles. The van der Waals surface area contributed by atoms with Crippen molar-refractivity contribution in [3.05, 3.63) is 0 Å². The summed E-state index contributed by atoms with van der Waals surface area (Å²) in [5.41, 5.74) is -0.623. The van der Waals surface area contributed by atoms with E-state index in [9.17, 15) is 9.90 Å². The van der Waals surface area contributed by atoms with Crippen molar-refractivity contribution in [1.82, 2.24) is 10.2 Å². The van der Waals surface area contributed by atoms with Crippen molar-refractivity contribution in [2.45, 2.75) is 50.1 Å². The number of fused-ring (bicyclic) bond motifs is 2. The molecule has 1 saturated carbocycles. The zero-order valence-corrected chi connectivity index (χ0v) is 10.3. The van der Waals surface area contributed by atoms with Gasteiger partial charge in [0.15, 0.2) is 0 Å². The molecule has 96 valence electrons. The Bertz CT molecular complexity index is 315. The molecule has 3 rings (SSSR count). The lowest BCUT2D eigenvalue weighted by Gasteiger charge is -2.42. The number of nitrogens with zero attached hydrogens (tertiary/aromatic N) is 1. The summed E-state index contributed by atoms with van der Waals surface area (Å²) >= 11 is 0. The van der Waals surface area contributed by atoms with E-state index < -0.39 is 11.5 Å². The molecule has 3 atom stereocenters. The maximum atomic E-state index is 11.8. The van der Waals surface area contributed by atoms with Gasteiger partial charge in [-0.2, -0.15) is 0 Å². The molecule has 2 aliphatic heterocycles. The maximum Gasteiger partial charge on any atom is 0.324 e. The maximum absolute atomic E-state index is 11.8. The second-order valence-electron chi connectivity index (χ2n) is 5.94. The molecule has 0 amide bonds. The topological polar surface area (TPSA) is 52.6 Å². The summed E-state index contributed by atoms with van der Waals surface area (Å²) in [5, 5.41) is 13.2. The fourth-order valence-electron chi connectivity index (χ4n) is 3.94. The molecule has 4 heteroatoms. The number of piperidine rings is 1. The highest BCUT2D eigenvalue weighted by molar-refractivity contribution is 5.79. The van der Waals surface area contributed by atoms with E-state index in [1.807, 2.05) is 0 Å². The Morgan fingerprint density at radius 1 is 1.24 bits per heavy atom. The van der Waals surface area contributed by atoms with Crippen LogP contribution in [0.15, 0.2) is 0 Å². The van der Waals surface area contributed by atoms with Gasteiger partial charge in [0.2, 0.25) is 0 Å². The van der Waals surface area contributed by atoms with Gasteiger partial charge in [0, 0.05) is 25.0 Å². The lowest BCUT2D eigenvalue weighted by atomic mass is 9.78. The van der Waals surface area contributed by atoms with Gasteiger partial charge in [-0.3, -0.25) is 10.1 Å². The highest BCUT2D eigenvalue weighted by atomic mass is 16.4. The predicted molar refractivity (Wildman–Crippen MR) is 64.9 cm³/mol. The molecule has 0 radical (unpaired) electrons. The first-order chi connectivity index (χ1) is 8.21. The fourth-order valence-corrected chi connectivity index (χ4v) is 3.94. The van der Waals surface area contributed by atoms with Gasteiger partial charge in [-0.15, -0.1) is 0 Å². The van der Waals surface area contributed by atoms with Crippen molar-refractivity contribution in [3.63, 3.8) is 0 Å². The van der Waals surface area contributed by atoms with Crippen LogP contribution in [0.5, 0.6) is 0 Å². The third kappa shape index (κ3) is 1.87. The third-order valence-electron chi connectivity index (χ3n) is 4.99. The highest BCUT2D eigenvalue weighted by Gasteiger charge is 2.52. The average Bonchev–Trinajstić information content (AvgIpc) is 2.92. The van der Waals surface area contributed by atoms with Crippen molar-refractivity contribution < 1.29 is 9.90 Å². The number of carbonyl (C=O) groups is 1. The average molecular weight is 238 g/mol. The van der Waals surface area contributed by atoms with Crippen LogP contribution < -0.4 is 5.32 Å².